The third kappa shape index (κ3) is 3.69. The highest BCUT2D eigenvalue weighted by molar-refractivity contribution is 7.18. The standard InChI is InChI=1S/C18H10F3N3OS2/c19-18(20,21)14-9-26-17(23-14)16-22-11(8-15(25)24-16)13-7-6-12(27-13)10-4-2-1-3-5-10/h1-9H,(H,22,24,25). The van der Waals surface area contributed by atoms with Crippen LogP contribution >= 0.6 is 22.7 Å². The van der Waals surface area contributed by atoms with E-state index in [1.165, 1.54) is 17.4 Å². The molecular weight excluding hydrogens is 395 g/mol. The van der Waals surface area contributed by atoms with E-state index in [9.17, 15) is 18.0 Å². The molecule has 0 aliphatic heterocycles. The molecule has 0 bridgehead atoms. The molecule has 0 saturated heterocycles. The van der Waals surface area contributed by atoms with Gasteiger partial charge in [-0.05, 0) is 17.7 Å². The number of benzene rings is 1. The molecule has 3 aromatic heterocycles. The fourth-order valence-corrected chi connectivity index (χ4v) is 4.17. The van der Waals surface area contributed by atoms with Crippen molar-refractivity contribution in [1.82, 2.24) is 15.0 Å². The van der Waals surface area contributed by atoms with Crippen LogP contribution in [-0.2, 0) is 6.18 Å². The van der Waals surface area contributed by atoms with E-state index in [1.807, 2.05) is 42.5 Å². The Morgan fingerprint density at radius 2 is 1.70 bits per heavy atom. The maximum Gasteiger partial charge on any atom is 0.434 e. The van der Waals surface area contributed by atoms with Crippen molar-refractivity contribution in [3.63, 3.8) is 0 Å². The van der Waals surface area contributed by atoms with Crippen molar-refractivity contribution in [1.29, 1.82) is 0 Å². The van der Waals surface area contributed by atoms with E-state index in [0.29, 0.717) is 5.69 Å². The molecule has 1 N–H and O–H groups in total. The molecule has 0 unspecified atom stereocenters. The maximum atomic E-state index is 12.8. The summed E-state index contributed by atoms with van der Waals surface area (Å²) in [5, 5.41) is 0.918. The van der Waals surface area contributed by atoms with E-state index in [-0.39, 0.29) is 10.8 Å². The van der Waals surface area contributed by atoms with Gasteiger partial charge in [-0.2, -0.15) is 13.2 Å². The van der Waals surface area contributed by atoms with Crippen LogP contribution in [0.15, 0.2) is 58.7 Å². The van der Waals surface area contributed by atoms with Crippen LogP contribution in [0.25, 0.3) is 31.8 Å². The number of halogens is 3. The van der Waals surface area contributed by atoms with E-state index in [4.69, 9.17) is 0 Å². The summed E-state index contributed by atoms with van der Waals surface area (Å²) in [5.41, 5.74) is -0.0234. The molecule has 3 heterocycles. The molecule has 9 heteroatoms. The van der Waals surface area contributed by atoms with Gasteiger partial charge in [0.15, 0.2) is 16.5 Å². The Bertz CT molecular complexity index is 1150. The number of hydrogen-bond donors (Lipinski definition) is 1. The minimum absolute atomic E-state index is 0.0149. The Labute approximate surface area is 159 Å². The second-order valence-corrected chi connectivity index (χ2v) is 7.49. The summed E-state index contributed by atoms with van der Waals surface area (Å²) in [4.78, 5) is 24.1. The van der Waals surface area contributed by atoms with Crippen LogP contribution in [-0.4, -0.2) is 15.0 Å². The molecule has 0 amide bonds. The van der Waals surface area contributed by atoms with Gasteiger partial charge in [0, 0.05) is 16.3 Å². The SMILES string of the molecule is O=c1cc(-c2ccc(-c3ccccc3)s2)nc(-c2nc(C(F)(F)F)cs2)[nH]1. The molecule has 136 valence electrons. The molecule has 27 heavy (non-hydrogen) atoms. The van der Waals surface area contributed by atoms with Gasteiger partial charge in [-0.3, -0.25) is 4.79 Å². The van der Waals surface area contributed by atoms with Crippen LogP contribution in [0.2, 0.25) is 0 Å². The van der Waals surface area contributed by atoms with Crippen LogP contribution in [0, 0.1) is 0 Å². The molecule has 0 fully saturated rings. The van der Waals surface area contributed by atoms with Crippen LogP contribution in [0.3, 0.4) is 0 Å². The number of aromatic amines is 1. The first-order valence-electron chi connectivity index (χ1n) is 7.70. The Hall–Kier alpha value is -2.78. The minimum Gasteiger partial charge on any atom is -0.304 e. The van der Waals surface area contributed by atoms with Gasteiger partial charge in [0.05, 0.1) is 10.6 Å². The average molecular weight is 405 g/mol. The fraction of sp³-hybridized carbons (Fsp3) is 0.0556. The minimum atomic E-state index is -4.54. The van der Waals surface area contributed by atoms with Crippen molar-refractivity contribution in [2.24, 2.45) is 0 Å². The van der Waals surface area contributed by atoms with E-state index in [2.05, 4.69) is 15.0 Å². The highest BCUT2D eigenvalue weighted by atomic mass is 32.1. The zero-order chi connectivity index (χ0) is 19.0. The lowest BCUT2D eigenvalue weighted by Gasteiger charge is -2.01. The maximum absolute atomic E-state index is 12.8. The number of hydrogen-bond acceptors (Lipinski definition) is 5. The third-order valence-electron chi connectivity index (χ3n) is 3.66. The summed E-state index contributed by atoms with van der Waals surface area (Å²) < 4.78 is 38.3. The number of alkyl halides is 3. The van der Waals surface area contributed by atoms with E-state index in [1.54, 1.807) is 0 Å². The molecule has 0 atom stereocenters. The zero-order valence-electron chi connectivity index (χ0n) is 13.4. The Morgan fingerprint density at radius 3 is 2.41 bits per heavy atom. The highest BCUT2D eigenvalue weighted by Crippen LogP contribution is 2.35. The van der Waals surface area contributed by atoms with Gasteiger partial charge in [0.2, 0.25) is 0 Å². The summed E-state index contributed by atoms with van der Waals surface area (Å²) in [7, 11) is 0. The second-order valence-electron chi connectivity index (χ2n) is 5.54. The molecule has 4 rings (SSSR count). The first-order valence-corrected chi connectivity index (χ1v) is 9.40. The van der Waals surface area contributed by atoms with Crippen molar-refractivity contribution >= 4 is 22.7 Å². The number of thiophene rings is 1. The van der Waals surface area contributed by atoms with Crippen molar-refractivity contribution in [2.45, 2.75) is 6.18 Å². The molecule has 0 aliphatic rings. The number of H-pyrrole nitrogens is 1. The molecule has 0 radical (unpaired) electrons. The number of aromatic nitrogens is 3. The molecular formula is C18H10F3N3OS2. The number of nitrogens with zero attached hydrogens (tertiary/aromatic N) is 2. The van der Waals surface area contributed by atoms with Gasteiger partial charge in [-0.25, -0.2) is 9.97 Å². The summed E-state index contributed by atoms with van der Waals surface area (Å²) in [6, 6.07) is 14.8. The van der Waals surface area contributed by atoms with Gasteiger partial charge in [0.25, 0.3) is 5.56 Å². The average Bonchev–Trinajstić information content (AvgIpc) is 3.32. The van der Waals surface area contributed by atoms with Gasteiger partial charge < -0.3 is 4.98 Å². The van der Waals surface area contributed by atoms with Crippen molar-refractivity contribution in [3.05, 3.63) is 70.0 Å². The largest absolute Gasteiger partial charge is 0.434 e. The van der Waals surface area contributed by atoms with Crippen molar-refractivity contribution in [2.75, 3.05) is 0 Å². The van der Waals surface area contributed by atoms with E-state index >= 15 is 0 Å². The normalized spacial score (nSPS) is 11.7. The summed E-state index contributed by atoms with van der Waals surface area (Å²) in [5.74, 6) is 0.0210. The quantitative estimate of drug-likeness (QED) is 0.503. The molecule has 0 aliphatic carbocycles. The monoisotopic (exact) mass is 405 g/mol. The number of nitrogens with one attached hydrogen (secondary N) is 1. The zero-order valence-corrected chi connectivity index (χ0v) is 15.1. The van der Waals surface area contributed by atoms with Crippen molar-refractivity contribution in [3.8, 4) is 31.8 Å². The van der Waals surface area contributed by atoms with Crippen LogP contribution in [0.4, 0.5) is 13.2 Å². The van der Waals surface area contributed by atoms with Crippen LogP contribution < -0.4 is 5.56 Å². The smallest absolute Gasteiger partial charge is 0.304 e. The molecule has 0 saturated carbocycles. The van der Waals surface area contributed by atoms with Gasteiger partial charge >= 0.3 is 6.18 Å². The number of rotatable bonds is 3. The Kier molecular flexibility index (Phi) is 4.40. The predicted molar refractivity (Wildman–Crippen MR) is 99.7 cm³/mol. The first kappa shape index (κ1) is 17.6. The van der Waals surface area contributed by atoms with Crippen LogP contribution in [0.5, 0.6) is 0 Å². The van der Waals surface area contributed by atoms with E-state index in [0.717, 1.165) is 32.0 Å². The lowest BCUT2D eigenvalue weighted by molar-refractivity contribution is -0.140. The molecule has 4 nitrogen and oxygen atoms in total. The lowest BCUT2D eigenvalue weighted by atomic mass is 10.2. The number of thiazole rings is 1. The Balaban J connectivity index is 1.72. The molecule has 0 spiro atoms. The first-order chi connectivity index (χ1) is 12.9. The Morgan fingerprint density at radius 1 is 0.963 bits per heavy atom. The second kappa shape index (κ2) is 6.75. The lowest BCUT2D eigenvalue weighted by Crippen LogP contribution is -2.09. The van der Waals surface area contributed by atoms with E-state index < -0.39 is 17.4 Å². The van der Waals surface area contributed by atoms with Gasteiger partial charge in [-0.15, -0.1) is 22.7 Å². The van der Waals surface area contributed by atoms with Crippen molar-refractivity contribution < 1.29 is 13.2 Å². The molecule has 1 aromatic carbocycles. The molecule has 4 aromatic rings. The summed E-state index contributed by atoms with van der Waals surface area (Å²) in [6.07, 6.45) is -4.54. The highest BCUT2D eigenvalue weighted by Gasteiger charge is 2.34. The summed E-state index contributed by atoms with van der Waals surface area (Å²) in [6.45, 7) is 0. The van der Waals surface area contributed by atoms with Gasteiger partial charge in [-0.1, -0.05) is 30.3 Å². The third-order valence-corrected chi connectivity index (χ3v) is 5.66. The van der Waals surface area contributed by atoms with Crippen LogP contribution in [0.1, 0.15) is 5.69 Å². The summed E-state index contributed by atoms with van der Waals surface area (Å²) >= 11 is 2.23. The fourth-order valence-electron chi connectivity index (χ4n) is 2.43. The van der Waals surface area contributed by atoms with Gasteiger partial charge in [0.1, 0.15) is 0 Å². The predicted octanol–water partition coefficient (Wildman–Crippen LogP) is 5.31. The topological polar surface area (TPSA) is 58.6 Å².